The van der Waals surface area contributed by atoms with Crippen molar-refractivity contribution in [2.24, 2.45) is 0 Å². The Kier molecular flexibility index (Phi) is 5.67. The molecular formula is C18H22N2O6. The van der Waals surface area contributed by atoms with Crippen molar-refractivity contribution in [1.29, 1.82) is 0 Å². The number of H-pyrrole nitrogens is 1. The van der Waals surface area contributed by atoms with Crippen LogP contribution in [0.2, 0.25) is 0 Å². The maximum Gasteiger partial charge on any atom is 0.330 e. The van der Waals surface area contributed by atoms with E-state index in [4.69, 9.17) is 14.6 Å². The van der Waals surface area contributed by atoms with Crippen LogP contribution < -0.4 is 11.2 Å². The highest BCUT2D eigenvalue weighted by molar-refractivity contribution is 5.24. The van der Waals surface area contributed by atoms with Gasteiger partial charge in [-0.3, -0.25) is 14.3 Å². The first-order valence-corrected chi connectivity index (χ1v) is 8.40. The van der Waals surface area contributed by atoms with Crippen molar-refractivity contribution < 1.29 is 19.7 Å². The van der Waals surface area contributed by atoms with Gasteiger partial charge in [-0.2, -0.15) is 0 Å². The highest BCUT2D eigenvalue weighted by Crippen LogP contribution is 2.27. The zero-order valence-corrected chi connectivity index (χ0v) is 14.4. The van der Waals surface area contributed by atoms with Crippen molar-refractivity contribution in [3.63, 3.8) is 0 Å². The second-order valence-electron chi connectivity index (χ2n) is 6.35. The second-order valence-corrected chi connectivity index (χ2v) is 6.35. The predicted octanol–water partition coefficient (Wildman–Crippen LogP) is 0.203. The molecule has 26 heavy (non-hydrogen) atoms. The molecule has 1 unspecified atom stereocenters. The number of aromatic nitrogens is 2. The molecule has 1 saturated heterocycles. The molecule has 0 spiro atoms. The molecule has 1 aromatic carbocycles. The van der Waals surface area contributed by atoms with E-state index in [1.165, 1.54) is 10.8 Å². The molecule has 3 atom stereocenters. The number of aryl methyl sites for hydroxylation is 1. The van der Waals surface area contributed by atoms with Crippen LogP contribution in [-0.4, -0.2) is 38.6 Å². The van der Waals surface area contributed by atoms with Crippen LogP contribution in [0.1, 0.15) is 29.3 Å². The SMILES string of the molecule is Cc1ccccc1COCc1cn([C@@H]2CC(O)[C@H](CO)O2)c(=O)[nH]c1=O. The molecule has 2 aromatic rings. The highest BCUT2D eigenvalue weighted by Gasteiger charge is 2.35. The van der Waals surface area contributed by atoms with Gasteiger partial charge in [0, 0.05) is 12.6 Å². The summed E-state index contributed by atoms with van der Waals surface area (Å²) < 4.78 is 12.3. The summed E-state index contributed by atoms with van der Waals surface area (Å²) in [7, 11) is 0. The van der Waals surface area contributed by atoms with Gasteiger partial charge in [-0.05, 0) is 18.1 Å². The van der Waals surface area contributed by atoms with Crippen LogP contribution in [0.4, 0.5) is 0 Å². The van der Waals surface area contributed by atoms with Crippen LogP contribution >= 0.6 is 0 Å². The molecule has 0 radical (unpaired) electrons. The Hall–Kier alpha value is -2.26. The van der Waals surface area contributed by atoms with Crippen LogP contribution in [0, 0.1) is 6.92 Å². The number of rotatable bonds is 6. The summed E-state index contributed by atoms with van der Waals surface area (Å²) in [6.45, 7) is 2.01. The van der Waals surface area contributed by atoms with E-state index in [2.05, 4.69) is 4.98 Å². The van der Waals surface area contributed by atoms with Crippen LogP contribution in [-0.2, 0) is 22.7 Å². The van der Waals surface area contributed by atoms with Gasteiger partial charge in [0.2, 0.25) is 0 Å². The van der Waals surface area contributed by atoms with Gasteiger partial charge >= 0.3 is 5.69 Å². The van der Waals surface area contributed by atoms with Gasteiger partial charge < -0.3 is 19.7 Å². The smallest absolute Gasteiger partial charge is 0.330 e. The topological polar surface area (TPSA) is 114 Å². The third kappa shape index (κ3) is 3.94. The van der Waals surface area contributed by atoms with Gasteiger partial charge in [-0.15, -0.1) is 0 Å². The van der Waals surface area contributed by atoms with Crippen molar-refractivity contribution in [2.45, 2.75) is 45.0 Å². The number of nitrogens with zero attached hydrogens (tertiary/aromatic N) is 1. The fourth-order valence-corrected chi connectivity index (χ4v) is 2.94. The highest BCUT2D eigenvalue weighted by atomic mass is 16.5. The molecule has 3 N–H and O–H groups in total. The summed E-state index contributed by atoms with van der Waals surface area (Å²) in [5.74, 6) is 0. The molecule has 2 heterocycles. The van der Waals surface area contributed by atoms with E-state index >= 15 is 0 Å². The molecule has 0 bridgehead atoms. The zero-order valence-electron chi connectivity index (χ0n) is 14.4. The molecule has 1 aromatic heterocycles. The maximum atomic E-state index is 12.1. The van der Waals surface area contributed by atoms with Gasteiger partial charge in [0.05, 0.1) is 31.5 Å². The minimum absolute atomic E-state index is 0.0304. The van der Waals surface area contributed by atoms with Crippen molar-refractivity contribution in [1.82, 2.24) is 9.55 Å². The van der Waals surface area contributed by atoms with Crippen LogP contribution in [0.3, 0.4) is 0 Å². The quantitative estimate of drug-likeness (QED) is 0.677. The third-order valence-electron chi connectivity index (χ3n) is 4.51. The normalized spacial score (nSPS) is 22.7. The van der Waals surface area contributed by atoms with Crippen molar-refractivity contribution in [2.75, 3.05) is 6.61 Å². The minimum Gasteiger partial charge on any atom is -0.394 e. The number of aliphatic hydroxyl groups is 2. The van der Waals surface area contributed by atoms with Crippen LogP contribution in [0.25, 0.3) is 0 Å². The lowest BCUT2D eigenvalue weighted by atomic mass is 10.1. The summed E-state index contributed by atoms with van der Waals surface area (Å²) in [4.78, 5) is 26.3. The number of aliphatic hydroxyl groups excluding tert-OH is 2. The number of aromatic amines is 1. The molecule has 0 saturated carbocycles. The van der Waals surface area contributed by atoms with Crippen LogP contribution in [0.15, 0.2) is 40.1 Å². The van der Waals surface area contributed by atoms with Gasteiger partial charge in [0.1, 0.15) is 12.3 Å². The molecule has 1 aliphatic rings. The predicted molar refractivity (Wildman–Crippen MR) is 92.6 cm³/mol. The molecule has 0 amide bonds. The minimum atomic E-state index is -0.871. The molecule has 1 aliphatic heterocycles. The molecule has 3 rings (SSSR count). The number of hydrogen-bond acceptors (Lipinski definition) is 6. The van der Waals surface area contributed by atoms with E-state index in [0.29, 0.717) is 6.61 Å². The molecular weight excluding hydrogens is 340 g/mol. The number of ether oxygens (including phenoxy) is 2. The van der Waals surface area contributed by atoms with E-state index in [-0.39, 0.29) is 25.2 Å². The second kappa shape index (κ2) is 7.96. The molecule has 8 heteroatoms. The monoisotopic (exact) mass is 362 g/mol. The number of nitrogens with one attached hydrogen (secondary N) is 1. The molecule has 0 aliphatic carbocycles. The number of hydrogen-bond donors (Lipinski definition) is 3. The first kappa shape index (κ1) is 18.5. The summed E-state index contributed by atoms with van der Waals surface area (Å²) in [6, 6.07) is 7.78. The summed E-state index contributed by atoms with van der Waals surface area (Å²) in [5, 5.41) is 19.0. The lowest BCUT2D eigenvalue weighted by Crippen LogP contribution is -2.34. The van der Waals surface area contributed by atoms with Crippen LogP contribution in [0.5, 0.6) is 0 Å². The average Bonchev–Trinajstić information content (AvgIpc) is 2.99. The number of benzene rings is 1. The van der Waals surface area contributed by atoms with Gasteiger partial charge in [-0.25, -0.2) is 4.79 Å². The van der Waals surface area contributed by atoms with Gasteiger partial charge in [0.25, 0.3) is 5.56 Å². The van der Waals surface area contributed by atoms with Crippen molar-refractivity contribution >= 4 is 0 Å². The van der Waals surface area contributed by atoms with Gasteiger partial charge in [0.15, 0.2) is 0 Å². The molecule has 1 fully saturated rings. The Bertz CT molecular complexity index is 874. The first-order valence-electron chi connectivity index (χ1n) is 8.40. The first-order chi connectivity index (χ1) is 12.5. The van der Waals surface area contributed by atoms with E-state index in [1.807, 2.05) is 31.2 Å². The van der Waals surface area contributed by atoms with Crippen molar-refractivity contribution in [3.8, 4) is 0 Å². The fourth-order valence-electron chi connectivity index (χ4n) is 2.94. The lowest BCUT2D eigenvalue weighted by molar-refractivity contribution is -0.0461. The zero-order chi connectivity index (χ0) is 18.7. The lowest BCUT2D eigenvalue weighted by Gasteiger charge is -2.15. The third-order valence-corrected chi connectivity index (χ3v) is 4.51. The Balaban J connectivity index is 1.73. The Morgan fingerprint density at radius 1 is 1.27 bits per heavy atom. The van der Waals surface area contributed by atoms with Gasteiger partial charge in [-0.1, -0.05) is 24.3 Å². The Labute approximate surface area is 149 Å². The molecule has 140 valence electrons. The Morgan fingerprint density at radius 2 is 2.00 bits per heavy atom. The van der Waals surface area contributed by atoms with E-state index < -0.39 is 29.7 Å². The summed E-state index contributed by atoms with van der Waals surface area (Å²) >= 11 is 0. The summed E-state index contributed by atoms with van der Waals surface area (Å²) in [6.07, 6.45) is -0.831. The van der Waals surface area contributed by atoms with E-state index in [9.17, 15) is 14.7 Å². The maximum absolute atomic E-state index is 12.1. The van der Waals surface area contributed by atoms with Crippen molar-refractivity contribution in [3.05, 3.63) is 68.0 Å². The molecule has 8 nitrogen and oxygen atoms in total. The fraction of sp³-hybridized carbons (Fsp3) is 0.444. The Morgan fingerprint density at radius 3 is 2.69 bits per heavy atom. The van der Waals surface area contributed by atoms with E-state index in [1.54, 1.807) is 0 Å². The average molecular weight is 362 g/mol. The van der Waals surface area contributed by atoms with E-state index in [0.717, 1.165) is 11.1 Å². The standard InChI is InChI=1S/C18H22N2O6/c1-11-4-2-3-5-12(11)9-25-10-13-7-20(18(24)19-17(13)23)16-6-14(22)15(8-21)26-16/h2-5,7,14-16,21-22H,6,8-10H2,1H3,(H,19,23,24)/t14?,15-,16-/m0/s1. The summed E-state index contributed by atoms with van der Waals surface area (Å²) in [5.41, 5.74) is 1.24. The largest absolute Gasteiger partial charge is 0.394 e.